The Morgan fingerprint density at radius 3 is 2.44 bits per heavy atom. The Balaban J connectivity index is 2.11. The van der Waals surface area contributed by atoms with E-state index in [0.717, 1.165) is 18.6 Å². The number of aryl methyl sites for hydroxylation is 2. The first kappa shape index (κ1) is 24.8. The van der Waals surface area contributed by atoms with Crippen LogP contribution in [-0.4, -0.2) is 48.5 Å². The van der Waals surface area contributed by atoms with Gasteiger partial charge in [0.2, 0.25) is 12.4 Å². The summed E-state index contributed by atoms with van der Waals surface area (Å²) in [5.41, 5.74) is 0.649. The van der Waals surface area contributed by atoms with Crippen molar-refractivity contribution in [1.29, 1.82) is 0 Å². The van der Waals surface area contributed by atoms with Gasteiger partial charge in [-0.15, -0.1) is 10.1 Å². The third-order valence-electron chi connectivity index (χ3n) is 4.06. The second-order valence-electron chi connectivity index (χ2n) is 6.93. The van der Waals surface area contributed by atoms with E-state index in [2.05, 4.69) is 14.3 Å². The van der Waals surface area contributed by atoms with Gasteiger partial charge in [-0.2, -0.15) is 13.2 Å². The van der Waals surface area contributed by atoms with Crippen molar-refractivity contribution in [2.75, 3.05) is 6.61 Å². The molecule has 1 aromatic rings. The molecule has 10 nitrogen and oxygen atoms in total. The number of halogens is 3. The monoisotopic (exact) mass is 463 g/mol. The number of fused-ring (bicyclic) bond motifs is 1. The van der Waals surface area contributed by atoms with Crippen molar-refractivity contribution in [3.05, 3.63) is 44.5 Å². The smallest absolute Gasteiger partial charge is 0.475 e. The molecule has 2 unspecified atom stereocenters. The summed E-state index contributed by atoms with van der Waals surface area (Å²) < 4.78 is 59.8. The number of benzene rings is 1. The van der Waals surface area contributed by atoms with Crippen LogP contribution < -0.4 is 4.74 Å². The van der Waals surface area contributed by atoms with Crippen LogP contribution in [0, 0.1) is 24.0 Å². The van der Waals surface area contributed by atoms with Crippen LogP contribution in [0.3, 0.4) is 0 Å². The van der Waals surface area contributed by atoms with Crippen LogP contribution in [0.25, 0.3) is 6.08 Å². The third kappa shape index (κ3) is 6.49. The van der Waals surface area contributed by atoms with E-state index in [1.165, 1.54) is 6.92 Å². The number of nitrogens with zero attached hydrogens (tertiary/aromatic N) is 1. The number of alkyl halides is 3. The van der Waals surface area contributed by atoms with Crippen molar-refractivity contribution in [2.45, 2.75) is 52.4 Å². The Morgan fingerprint density at radius 2 is 1.84 bits per heavy atom. The number of esters is 1. The molecule has 0 spiro atoms. The minimum atomic E-state index is -4.92. The van der Waals surface area contributed by atoms with Gasteiger partial charge in [-0.3, -0.25) is 0 Å². The van der Waals surface area contributed by atoms with Crippen molar-refractivity contribution in [3.63, 3.8) is 0 Å². The van der Waals surface area contributed by atoms with Crippen molar-refractivity contribution in [3.8, 4) is 5.75 Å². The standard InChI is InChI=1S/C19H20F3NO9/c1-9-5-10(2)15-13(6-9)7-14(16(32-15)19(20,21)22)17(24)30-12(4)31-18(25)29-11(3)8-28-23(26)27/h5-7,11-12,16H,8H2,1-4H3/t11-,12?,16?/m0/s1. The Hall–Kier alpha value is -3.51. The summed E-state index contributed by atoms with van der Waals surface area (Å²) in [7, 11) is 0. The summed E-state index contributed by atoms with van der Waals surface area (Å²) in [6, 6.07) is 3.19. The molecule has 0 fully saturated rings. The van der Waals surface area contributed by atoms with Gasteiger partial charge >= 0.3 is 18.3 Å². The number of carbonyl (C=O) groups is 2. The van der Waals surface area contributed by atoms with Crippen molar-refractivity contribution in [2.24, 2.45) is 0 Å². The largest absolute Gasteiger partial charge is 0.511 e. The van der Waals surface area contributed by atoms with Gasteiger partial charge in [0.25, 0.3) is 5.09 Å². The summed E-state index contributed by atoms with van der Waals surface area (Å²) >= 11 is 0. The highest BCUT2D eigenvalue weighted by Gasteiger charge is 2.49. The lowest BCUT2D eigenvalue weighted by atomic mass is 9.97. The first-order valence-electron chi connectivity index (χ1n) is 9.19. The van der Waals surface area contributed by atoms with Crippen molar-refractivity contribution < 1.29 is 51.6 Å². The molecule has 0 aromatic heterocycles. The summed E-state index contributed by atoms with van der Waals surface area (Å²) in [4.78, 5) is 38.2. The molecule has 1 aromatic carbocycles. The summed E-state index contributed by atoms with van der Waals surface area (Å²) in [5, 5.41) is 9.02. The van der Waals surface area contributed by atoms with E-state index in [-0.39, 0.29) is 11.3 Å². The topological polar surface area (TPSA) is 123 Å². The molecule has 1 heterocycles. The minimum absolute atomic E-state index is 0.00622. The maximum atomic E-state index is 13.5. The number of rotatable bonds is 7. The predicted molar refractivity (Wildman–Crippen MR) is 99.9 cm³/mol. The molecular weight excluding hydrogens is 443 g/mol. The summed E-state index contributed by atoms with van der Waals surface area (Å²) in [6.45, 7) is 5.07. The Kier molecular flexibility index (Phi) is 7.54. The van der Waals surface area contributed by atoms with Gasteiger partial charge in [0.15, 0.2) is 0 Å². The molecule has 0 radical (unpaired) electrons. The van der Waals surface area contributed by atoms with E-state index in [0.29, 0.717) is 5.56 Å². The van der Waals surface area contributed by atoms with E-state index in [9.17, 15) is 32.9 Å². The van der Waals surface area contributed by atoms with Crippen molar-refractivity contribution in [1.82, 2.24) is 0 Å². The molecule has 13 heteroatoms. The van der Waals surface area contributed by atoms with Gasteiger partial charge in [-0.1, -0.05) is 11.6 Å². The van der Waals surface area contributed by atoms with Gasteiger partial charge in [-0.05, 0) is 38.5 Å². The lowest BCUT2D eigenvalue weighted by Crippen LogP contribution is -2.41. The number of hydrogen-bond donors (Lipinski definition) is 0. The molecule has 1 aliphatic heterocycles. The van der Waals surface area contributed by atoms with E-state index in [4.69, 9.17) is 9.47 Å². The van der Waals surface area contributed by atoms with Crippen LogP contribution in [0.5, 0.6) is 5.75 Å². The highest BCUT2D eigenvalue weighted by Crippen LogP contribution is 2.39. The summed E-state index contributed by atoms with van der Waals surface area (Å²) in [6.07, 6.45) is -10.6. The number of ether oxygens (including phenoxy) is 4. The van der Waals surface area contributed by atoms with Crippen LogP contribution in [0.15, 0.2) is 17.7 Å². The average Bonchev–Trinajstić information content (AvgIpc) is 2.64. The maximum Gasteiger partial charge on any atom is 0.511 e. The van der Waals surface area contributed by atoms with Gasteiger partial charge in [0.1, 0.15) is 18.5 Å². The Labute approximate surface area is 179 Å². The average molecular weight is 463 g/mol. The summed E-state index contributed by atoms with van der Waals surface area (Å²) in [5.74, 6) is -1.42. The quantitative estimate of drug-likeness (QED) is 0.258. The van der Waals surface area contributed by atoms with Crippen LogP contribution in [0.1, 0.15) is 30.5 Å². The highest BCUT2D eigenvalue weighted by molar-refractivity contribution is 5.96. The first-order valence-corrected chi connectivity index (χ1v) is 9.19. The maximum absolute atomic E-state index is 13.5. The SMILES string of the molecule is Cc1cc(C)c2c(c1)C=C(C(=O)OC(C)OC(=O)O[C@@H](C)CO[N+](=O)[O-])C(C(F)(F)F)O2. The third-order valence-corrected chi connectivity index (χ3v) is 4.06. The molecule has 3 atom stereocenters. The zero-order valence-electron chi connectivity index (χ0n) is 17.4. The molecular formula is C19H20F3NO9. The number of carbonyl (C=O) groups excluding carboxylic acids is 2. The first-order chi connectivity index (χ1) is 14.8. The van der Waals surface area contributed by atoms with E-state index in [1.807, 2.05) is 0 Å². The lowest BCUT2D eigenvalue weighted by molar-refractivity contribution is -0.759. The van der Waals surface area contributed by atoms with E-state index in [1.54, 1.807) is 26.0 Å². The molecule has 0 saturated carbocycles. The molecule has 0 saturated heterocycles. The van der Waals surface area contributed by atoms with E-state index < -0.39 is 54.1 Å². The Bertz CT molecular complexity index is 929. The van der Waals surface area contributed by atoms with Gasteiger partial charge < -0.3 is 23.8 Å². The fourth-order valence-electron chi connectivity index (χ4n) is 2.86. The molecule has 0 aliphatic carbocycles. The molecule has 0 amide bonds. The molecule has 2 rings (SSSR count). The molecule has 0 N–H and O–H groups in total. The number of hydrogen-bond acceptors (Lipinski definition) is 9. The van der Waals surface area contributed by atoms with Crippen LogP contribution in [0.2, 0.25) is 0 Å². The second-order valence-corrected chi connectivity index (χ2v) is 6.93. The predicted octanol–water partition coefficient (Wildman–Crippen LogP) is 3.65. The normalized spacial score (nSPS) is 17.1. The van der Waals surface area contributed by atoms with Crippen molar-refractivity contribution >= 4 is 18.2 Å². The van der Waals surface area contributed by atoms with Gasteiger partial charge in [-0.25, -0.2) is 9.59 Å². The molecule has 0 bridgehead atoms. The highest BCUT2D eigenvalue weighted by atomic mass is 19.4. The van der Waals surface area contributed by atoms with Gasteiger partial charge in [0, 0.05) is 12.5 Å². The van der Waals surface area contributed by atoms with Gasteiger partial charge in [0.05, 0.1) is 5.57 Å². The van der Waals surface area contributed by atoms with E-state index >= 15 is 0 Å². The zero-order valence-corrected chi connectivity index (χ0v) is 17.4. The fraction of sp³-hybridized carbons (Fsp3) is 0.474. The molecule has 1 aliphatic rings. The fourth-order valence-corrected chi connectivity index (χ4v) is 2.86. The minimum Gasteiger partial charge on any atom is -0.475 e. The lowest BCUT2D eigenvalue weighted by Gasteiger charge is -2.29. The van der Waals surface area contributed by atoms with Crippen LogP contribution in [0.4, 0.5) is 18.0 Å². The van der Waals surface area contributed by atoms with Crippen LogP contribution in [-0.2, 0) is 23.8 Å². The zero-order chi connectivity index (χ0) is 24.2. The Morgan fingerprint density at radius 1 is 1.19 bits per heavy atom. The van der Waals surface area contributed by atoms with Crippen LogP contribution >= 0.6 is 0 Å². The molecule has 176 valence electrons. The molecule has 32 heavy (non-hydrogen) atoms. The second kappa shape index (κ2) is 9.75.